The third kappa shape index (κ3) is 3.81. The van der Waals surface area contributed by atoms with Crippen molar-refractivity contribution >= 4 is 11.8 Å². The Morgan fingerprint density at radius 2 is 2.00 bits per heavy atom. The molecule has 0 aromatic rings. The molecule has 5 heteroatoms. The van der Waals surface area contributed by atoms with Gasteiger partial charge in [0.05, 0.1) is 6.61 Å². The average molecular weight is 228 g/mol. The van der Waals surface area contributed by atoms with Crippen LogP contribution in [-0.4, -0.2) is 50.1 Å². The molecule has 1 N–H and O–H groups in total. The maximum absolute atomic E-state index is 11.7. The third-order valence-electron chi connectivity index (χ3n) is 2.86. The Kier molecular flexibility index (Phi) is 5.25. The molecule has 1 aliphatic rings. The molecule has 0 unspecified atom stereocenters. The van der Waals surface area contributed by atoms with Gasteiger partial charge in [0.25, 0.3) is 0 Å². The van der Waals surface area contributed by atoms with Gasteiger partial charge in [-0.3, -0.25) is 9.59 Å². The summed E-state index contributed by atoms with van der Waals surface area (Å²) in [6.45, 7) is 4.36. The summed E-state index contributed by atoms with van der Waals surface area (Å²) in [6.07, 6.45) is 1.97. The molecular weight excluding hydrogens is 208 g/mol. The van der Waals surface area contributed by atoms with Crippen molar-refractivity contribution < 1.29 is 14.3 Å². The second-order valence-electron chi connectivity index (χ2n) is 4.22. The van der Waals surface area contributed by atoms with Crippen LogP contribution in [-0.2, 0) is 14.3 Å². The molecule has 16 heavy (non-hydrogen) atoms. The molecule has 0 aliphatic carbocycles. The number of amides is 2. The highest BCUT2D eigenvalue weighted by molar-refractivity contribution is 6.35. The van der Waals surface area contributed by atoms with Crippen molar-refractivity contribution in [1.82, 2.24) is 10.2 Å². The van der Waals surface area contributed by atoms with Crippen LogP contribution >= 0.6 is 0 Å². The second kappa shape index (κ2) is 6.48. The van der Waals surface area contributed by atoms with Crippen molar-refractivity contribution in [3.63, 3.8) is 0 Å². The van der Waals surface area contributed by atoms with Gasteiger partial charge in [0, 0.05) is 26.7 Å². The first-order chi connectivity index (χ1) is 7.65. The minimum Gasteiger partial charge on any atom is -0.383 e. The van der Waals surface area contributed by atoms with Crippen LogP contribution in [0.4, 0.5) is 0 Å². The second-order valence-corrected chi connectivity index (χ2v) is 4.22. The topological polar surface area (TPSA) is 58.6 Å². The van der Waals surface area contributed by atoms with Crippen molar-refractivity contribution in [3.05, 3.63) is 0 Å². The monoisotopic (exact) mass is 228 g/mol. The van der Waals surface area contributed by atoms with E-state index in [1.54, 1.807) is 12.0 Å². The van der Waals surface area contributed by atoms with Crippen molar-refractivity contribution in [3.8, 4) is 0 Å². The van der Waals surface area contributed by atoms with Gasteiger partial charge in [0.2, 0.25) is 0 Å². The van der Waals surface area contributed by atoms with Crippen LogP contribution in [0.25, 0.3) is 0 Å². The lowest BCUT2D eigenvalue weighted by molar-refractivity contribution is -0.146. The lowest BCUT2D eigenvalue weighted by Crippen LogP contribution is -2.46. The summed E-state index contributed by atoms with van der Waals surface area (Å²) in [5.41, 5.74) is 0. The molecule has 0 saturated carbocycles. The van der Waals surface area contributed by atoms with Crippen LogP contribution in [0.2, 0.25) is 0 Å². The van der Waals surface area contributed by atoms with Gasteiger partial charge in [0.1, 0.15) is 0 Å². The van der Waals surface area contributed by atoms with E-state index in [0.29, 0.717) is 32.2 Å². The number of ether oxygens (including phenoxy) is 1. The first-order valence-corrected chi connectivity index (χ1v) is 5.71. The zero-order valence-electron chi connectivity index (χ0n) is 9.99. The molecule has 0 aromatic carbocycles. The van der Waals surface area contributed by atoms with E-state index >= 15 is 0 Å². The predicted octanol–water partition coefficient (Wildman–Crippen LogP) is 0.00750. The van der Waals surface area contributed by atoms with E-state index in [2.05, 4.69) is 12.2 Å². The fourth-order valence-corrected chi connectivity index (χ4v) is 1.70. The van der Waals surface area contributed by atoms with Crippen LogP contribution in [0.3, 0.4) is 0 Å². The van der Waals surface area contributed by atoms with Gasteiger partial charge in [-0.1, -0.05) is 6.92 Å². The van der Waals surface area contributed by atoms with Gasteiger partial charge >= 0.3 is 11.8 Å². The molecule has 1 fully saturated rings. The lowest BCUT2D eigenvalue weighted by atomic mass is 9.99. The van der Waals surface area contributed by atoms with E-state index < -0.39 is 11.8 Å². The molecule has 2 amide bonds. The average Bonchev–Trinajstić information content (AvgIpc) is 2.29. The Bertz CT molecular complexity index is 248. The van der Waals surface area contributed by atoms with Gasteiger partial charge in [0.15, 0.2) is 0 Å². The highest BCUT2D eigenvalue weighted by Gasteiger charge is 2.24. The largest absolute Gasteiger partial charge is 0.383 e. The summed E-state index contributed by atoms with van der Waals surface area (Å²) < 4.78 is 4.79. The minimum absolute atomic E-state index is 0.380. The van der Waals surface area contributed by atoms with Crippen LogP contribution in [0.1, 0.15) is 19.8 Å². The van der Waals surface area contributed by atoms with E-state index in [-0.39, 0.29) is 0 Å². The summed E-state index contributed by atoms with van der Waals surface area (Å²) in [5.74, 6) is -0.282. The third-order valence-corrected chi connectivity index (χ3v) is 2.86. The maximum Gasteiger partial charge on any atom is 0.311 e. The summed E-state index contributed by atoms with van der Waals surface area (Å²) in [5, 5.41) is 2.54. The van der Waals surface area contributed by atoms with E-state index in [4.69, 9.17) is 4.74 Å². The van der Waals surface area contributed by atoms with E-state index in [1.165, 1.54) is 0 Å². The van der Waals surface area contributed by atoms with Crippen molar-refractivity contribution in [1.29, 1.82) is 0 Å². The fraction of sp³-hybridized carbons (Fsp3) is 0.818. The number of nitrogens with one attached hydrogen (secondary N) is 1. The van der Waals surface area contributed by atoms with Crippen LogP contribution in [0.5, 0.6) is 0 Å². The maximum atomic E-state index is 11.7. The number of piperidine rings is 1. The highest BCUT2D eigenvalue weighted by Crippen LogP contribution is 2.15. The van der Waals surface area contributed by atoms with Crippen LogP contribution < -0.4 is 5.32 Å². The number of methoxy groups -OCH3 is 1. The molecule has 0 spiro atoms. The molecule has 0 radical (unpaired) electrons. The Morgan fingerprint density at radius 3 is 2.56 bits per heavy atom. The van der Waals surface area contributed by atoms with Crippen molar-refractivity contribution in [2.45, 2.75) is 19.8 Å². The highest BCUT2D eigenvalue weighted by atomic mass is 16.5. The van der Waals surface area contributed by atoms with Crippen LogP contribution in [0, 0.1) is 5.92 Å². The number of nitrogens with zero attached hydrogens (tertiary/aromatic N) is 1. The summed E-state index contributed by atoms with van der Waals surface area (Å²) >= 11 is 0. The van der Waals surface area contributed by atoms with Gasteiger partial charge in [-0.25, -0.2) is 0 Å². The number of rotatable bonds is 3. The normalized spacial score (nSPS) is 17.2. The molecule has 92 valence electrons. The zero-order chi connectivity index (χ0) is 12.0. The predicted molar refractivity (Wildman–Crippen MR) is 59.9 cm³/mol. The van der Waals surface area contributed by atoms with Gasteiger partial charge < -0.3 is 15.0 Å². The lowest BCUT2D eigenvalue weighted by Gasteiger charge is -2.29. The number of carbonyl (C=O) groups excluding carboxylic acids is 2. The summed E-state index contributed by atoms with van der Waals surface area (Å²) in [6, 6.07) is 0. The number of likely N-dealkylation sites (tertiary alicyclic amines) is 1. The number of hydrogen-bond acceptors (Lipinski definition) is 3. The molecule has 0 bridgehead atoms. The van der Waals surface area contributed by atoms with Gasteiger partial charge in [-0.15, -0.1) is 0 Å². The first kappa shape index (κ1) is 13.0. The number of carbonyl (C=O) groups is 2. The molecule has 0 aromatic heterocycles. The molecule has 0 atom stereocenters. The van der Waals surface area contributed by atoms with Crippen molar-refractivity contribution in [2.24, 2.45) is 5.92 Å². The Labute approximate surface area is 96.1 Å². The van der Waals surface area contributed by atoms with E-state index in [1.807, 2.05) is 0 Å². The SMILES string of the molecule is COCCNC(=O)C(=O)N1CCC(C)CC1. The zero-order valence-corrected chi connectivity index (χ0v) is 9.99. The first-order valence-electron chi connectivity index (χ1n) is 5.71. The van der Waals surface area contributed by atoms with Gasteiger partial charge in [-0.2, -0.15) is 0 Å². The smallest absolute Gasteiger partial charge is 0.311 e. The fourth-order valence-electron chi connectivity index (χ4n) is 1.70. The molecular formula is C11H20N2O3. The molecule has 5 nitrogen and oxygen atoms in total. The Balaban J connectivity index is 2.30. The standard InChI is InChI=1S/C11H20N2O3/c1-9-3-6-13(7-4-9)11(15)10(14)12-5-8-16-2/h9H,3-8H2,1-2H3,(H,12,14). The van der Waals surface area contributed by atoms with E-state index in [9.17, 15) is 9.59 Å². The Morgan fingerprint density at radius 1 is 1.38 bits per heavy atom. The minimum atomic E-state index is -0.522. The van der Waals surface area contributed by atoms with E-state index in [0.717, 1.165) is 12.8 Å². The number of hydrogen-bond donors (Lipinski definition) is 1. The van der Waals surface area contributed by atoms with Crippen LogP contribution in [0.15, 0.2) is 0 Å². The summed E-state index contributed by atoms with van der Waals surface area (Å²) in [7, 11) is 1.56. The molecule has 1 rings (SSSR count). The quantitative estimate of drug-likeness (QED) is 0.547. The van der Waals surface area contributed by atoms with Gasteiger partial charge in [-0.05, 0) is 18.8 Å². The molecule has 1 saturated heterocycles. The molecule has 1 heterocycles. The van der Waals surface area contributed by atoms with Crippen molar-refractivity contribution in [2.75, 3.05) is 33.4 Å². The summed E-state index contributed by atoms with van der Waals surface area (Å²) in [4.78, 5) is 24.7. The Hall–Kier alpha value is -1.10. The molecule has 1 aliphatic heterocycles.